The summed E-state index contributed by atoms with van der Waals surface area (Å²) in [4.78, 5) is 0. The second-order valence-electron chi connectivity index (χ2n) is 4.35. The molecular weight excluding hydrogens is 194 g/mol. The van der Waals surface area contributed by atoms with E-state index < -0.39 is 0 Å². The van der Waals surface area contributed by atoms with E-state index in [1.54, 1.807) is 0 Å². The highest BCUT2D eigenvalue weighted by Gasteiger charge is 2.33. The van der Waals surface area contributed by atoms with Crippen LogP contribution in [0.5, 0.6) is 0 Å². The van der Waals surface area contributed by atoms with E-state index >= 15 is 0 Å². The van der Waals surface area contributed by atoms with E-state index in [1.807, 2.05) is 0 Å². The van der Waals surface area contributed by atoms with E-state index in [1.165, 1.54) is 0 Å². The minimum Gasteiger partial charge on any atom is -0.379 e. The van der Waals surface area contributed by atoms with Gasteiger partial charge in [-0.1, -0.05) is 0 Å². The van der Waals surface area contributed by atoms with Crippen molar-refractivity contribution in [3.63, 3.8) is 0 Å². The van der Waals surface area contributed by atoms with Crippen LogP contribution in [0.1, 0.15) is 12.8 Å². The van der Waals surface area contributed by atoms with Crippen molar-refractivity contribution in [1.82, 2.24) is 10.4 Å². The van der Waals surface area contributed by atoms with Gasteiger partial charge in [-0.15, -0.1) is 0 Å². The zero-order valence-corrected chi connectivity index (χ0v) is 9.21. The molecule has 0 aromatic rings. The first-order chi connectivity index (χ1) is 7.35. The molecule has 2 aliphatic heterocycles. The van der Waals surface area contributed by atoms with Gasteiger partial charge in [0.15, 0.2) is 0 Å². The third-order valence-electron chi connectivity index (χ3n) is 3.12. The molecular formula is C10H21N3O2. The van der Waals surface area contributed by atoms with E-state index in [0.29, 0.717) is 6.54 Å². The Morgan fingerprint density at radius 3 is 2.60 bits per heavy atom. The van der Waals surface area contributed by atoms with Crippen molar-refractivity contribution in [1.29, 1.82) is 0 Å². The highest BCUT2D eigenvalue weighted by atomic mass is 16.5. The van der Waals surface area contributed by atoms with E-state index in [9.17, 15) is 0 Å². The maximum absolute atomic E-state index is 5.85. The number of ether oxygens (including phenoxy) is 2. The van der Waals surface area contributed by atoms with Gasteiger partial charge in [0.1, 0.15) is 0 Å². The van der Waals surface area contributed by atoms with Crippen LogP contribution in [0.2, 0.25) is 0 Å². The average molecular weight is 215 g/mol. The first-order valence-corrected chi connectivity index (χ1v) is 5.73. The van der Waals surface area contributed by atoms with Crippen molar-refractivity contribution in [2.75, 3.05) is 46.1 Å². The molecule has 2 rings (SSSR count). The van der Waals surface area contributed by atoms with Gasteiger partial charge in [0, 0.05) is 26.2 Å². The minimum atomic E-state index is -0.0460. The molecule has 0 saturated carbocycles. The van der Waals surface area contributed by atoms with E-state index in [0.717, 1.165) is 52.4 Å². The molecule has 1 unspecified atom stereocenters. The summed E-state index contributed by atoms with van der Waals surface area (Å²) in [5, 5.41) is 2.21. The third kappa shape index (κ3) is 2.89. The van der Waals surface area contributed by atoms with Gasteiger partial charge in [-0.05, 0) is 12.8 Å². The van der Waals surface area contributed by atoms with E-state index in [-0.39, 0.29) is 5.54 Å². The fourth-order valence-electron chi connectivity index (χ4n) is 2.16. The average Bonchev–Trinajstić information content (AvgIpc) is 2.32. The van der Waals surface area contributed by atoms with Gasteiger partial charge in [-0.25, -0.2) is 10.4 Å². The maximum atomic E-state index is 5.85. The number of hydrogen-bond acceptors (Lipinski definition) is 5. The Hall–Kier alpha value is -0.200. The predicted molar refractivity (Wildman–Crippen MR) is 57.4 cm³/mol. The summed E-state index contributed by atoms with van der Waals surface area (Å²) in [5.74, 6) is 0. The summed E-state index contributed by atoms with van der Waals surface area (Å²) in [7, 11) is 0. The number of hydrazine groups is 1. The Morgan fingerprint density at radius 1 is 1.20 bits per heavy atom. The number of rotatable bonds is 3. The summed E-state index contributed by atoms with van der Waals surface area (Å²) in [6.07, 6.45) is 2.19. The molecule has 88 valence electrons. The van der Waals surface area contributed by atoms with Crippen LogP contribution in [0.15, 0.2) is 0 Å². The monoisotopic (exact) mass is 215 g/mol. The largest absolute Gasteiger partial charge is 0.379 e. The zero-order valence-electron chi connectivity index (χ0n) is 9.21. The fourth-order valence-corrected chi connectivity index (χ4v) is 2.16. The van der Waals surface area contributed by atoms with Gasteiger partial charge >= 0.3 is 0 Å². The summed E-state index contributed by atoms with van der Waals surface area (Å²) >= 11 is 0. The minimum absolute atomic E-state index is 0.0460. The molecule has 0 spiro atoms. The smallest absolute Gasteiger partial charge is 0.0681 e. The summed E-state index contributed by atoms with van der Waals surface area (Å²) < 4.78 is 10.8. The van der Waals surface area contributed by atoms with Crippen molar-refractivity contribution in [3.05, 3.63) is 0 Å². The molecule has 2 fully saturated rings. The van der Waals surface area contributed by atoms with Crippen LogP contribution < -0.4 is 11.2 Å². The van der Waals surface area contributed by atoms with Crippen LogP contribution in [-0.2, 0) is 9.47 Å². The van der Waals surface area contributed by atoms with Gasteiger partial charge in [0.2, 0.25) is 0 Å². The van der Waals surface area contributed by atoms with Gasteiger partial charge in [-0.3, -0.25) is 0 Å². The van der Waals surface area contributed by atoms with Crippen LogP contribution >= 0.6 is 0 Å². The Labute approximate surface area is 90.9 Å². The summed E-state index contributed by atoms with van der Waals surface area (Å²) in [5.41, 5.74) is 9.33. The fraction of sp³-hybridized carbons (Fsp3) is 1.00. The SMILES string of the molecule is NCC1(NN2CCOCC2)CCCOC1. The lowest BCUT2D eigenvalue weighted by Crippen LogP contribution is -2.63. The lowest BCUT2D eigenvalue weighted by Gasteiger charge is -2.42. The topological polar surface area (TPSA) is 59.8 Å². The highest BCUT2D eigenvalue weighted by Crippen LogP contribution is 2.18. The van der Waals surface area contributed by atoms with Crippen LogP contribution in [0.25, 0.3) is 0 Å². The number of hydrogen-bond donors (Lipinski definition) is 2. The normalized spacial score (nSPS) is 34.2. The second-order valence-corrected chi connectivity index (χ2v) is 4.35. The van der Waals surface area contributed by atoms with E-state index in [4.69, 9.17) is 15.2 Å². The Kier molecular flexibility index (Phi) is 3.93. The predicted octanol–water partition coefficient (Wildman–Crippen LogP) is -0.669. The molecule has 0 amide bonds. The van der Waals surface area contributed by atoms with Crippen LogP contribution in [0.4, 0.5) is 0 Å². The van der Waals surface area contributed by atoms with Crippen molar-refractivity contribution in [3.8, 4) is 0 Å². The standard InChI is InChI=1S/C10H21N3O2/c11-8-10(2-1-5-15-9-10)12-13-3-6-14-7-4-13/h12H,1-9,11H2. The number of morpholine rings is 1. The zero-order chi connectivity index (χ0) is 10.6. The summed E-state index contributed by atoms with van der Waals surface area (Å²) in [6, 6.07) is 0. The number of nitrogens with one attached hydrogen (secondary N) is 1. The Morgan fingerprint density at radius 2 is 2.00 bits per heavy atom. The molecule has 5 nitrogen and oxygen atoms in total. The third-order valence-corrected chi connectivity index (χ3v) is 3.12. The molecule has 2 saturated heterocycles. The molecule has 0 aromatic heterocycles. The quantitative estimate of drug-likeness (QED) is 0.654. The first kappa shape index (κ1) is 11.3. The molecule has 0 aliphatic carbocycles. The van der Waals surface area contributed by atoms with Gasteiger partial charge in [0.05, 0.1) is 25.4 Å². The van der Waals surface area contributed by atoms with Crippen molar-refractivity contribution >= 4 is 0 Å². The molecule has 2 aliphatic rings. The Balaban J connectivity index is 1.87. The number of nitrogens with zero attached hydrogens (tertiary/aromatic N) is 1. The van der Waals surface area contributed by atoms with Gasteiger partial charge in [0.25, 0.3) is 0 Å². The van der Waals surface area contributed by atoms with Crippen LogP contribution in [0.3, 0.4) is 0 Å². The number of nitrogens with two attached hydrogens (primary N) is 1. The lowest BCUT2D eigenvalue weighted by atomic mass is 9.93. The molecule has 0 bridgehead atoms. The maximum Gasteiger partial charge on any atom is 0.0681 e. The molecule has 5 heteroatoms. The molecule has 15 heavy (non-hydrogen) atoms. The molecule has 3 N–H and O–H groups in total. The highest BCUT2D eigenvalue weighted by molar-refractivity contribution is 4.90. The lowest BCUT2D eigenvalue weighted by molar-refractivity contribution is -0.0523. The van der Waals surface area contributed by atoms with Crippen LogP contribution in [-0.4, -0.2) is 56.6 Å². The Bertz CT molecular complexity index is 189. The second kappa shape index (κ2) is 5.23. The molecule has 0 radical (unpaired) electrons. The first-order valence-electron chi connectivity index (χ1n) is 5.73. The van der Waals surface area contributed by atoms with Crippen molar-refractivity contribution < 1.29 is 9.47 Å². The van der Waals surface area contributed by atoms with Crippen LogP contribution in [0, 0.1) is 0 Å². The molecule has 0 aromatic carbocycles. The van der Waals surface area contributed by atoms with Gasteiger partial charge < -0.3 is 15.2 Å². The molecule has 1 atom stereocenters. The summed E-state index contributed by atoms with van der Waals surface area (Å²) in [6.45, 7) is 5.68. The van der Waals surface area contributed by atoms with Crippen molar-refractivity contribution in [2.45, 2.75) is 18.4 Å². The van der Waals surface area contributed by atoms with E-state index in [2.05, 4.69) is 10.4 Å². The molecule has 2 heterocycles. The van der Waals surface area contributed by atoms with Crippen molar-refractivity contribution in [2.24, 2.45) is 5.73 Å². The van der Waals surface area contributed by atoms with Gasteiger partial charge in [-0.2, -0.15) is 0 Å².